The zero-order valence-electron chi connectivity index (χ0n) is 22.8. The summed E-state index contributed by atoms with van der Waals surface area (Å²) in [6.45, 7) is 4.72. The molecule has 1 aliphatic heterocycles. The Morgan fingerprint density at radius 2 is 1.86 bits per heavy atom. The Balaban J connectivity index is 0.00000353. The molecule has 10 nitrogen and oxygen atoms in total. The van der Waals surface area contributed by atoms with Crippen molar-refractivity contribution in [3.8, 4) is 16.9 Å². The maximum atomic E-state index is 13.0. The van der Waals surface area contributed by atoms with Crippen molar-refractivity contribution < 1.29 is 32.0 Å². The van der Waals surface area contributed by atoms with E-state index in [4.69, 9.17) is 19.0 Å². The molecule has 2 fully saturated rings. The van der Waals surface area contributed by atoms with Gasteiger partial charge in [0.05, 0.1) is 28.4 Å². The Morgan fingerprint density at radius 3 is 2.57 bits per heavy atom. The predicted molar refractivity (Wildman–Crippen MR) is 164 cm³/mol. The van der Waals surface area contributed by atoms with Crippen LogP contribution in [-0.4, -0.2) is 100 Å². The van der Waals surface area contributed by atoms with Crippen molar-refractivity contribution in [1.82, 2.24) is 14.9 Å². The summed E-state index contributed by atoms with van der Waals surface area (Å²) in [5.74, 6) is 0.704. The van der Waals surface area contributed by atoms with Gasteiger partial charge in [-0.05, 0) is 86.1 Å². The first-order valence-corrected chi connectivity index (χ1v) is 17.0. The molecule has 0 atom stereocenters. The summed E-state index contributed by atoms with van der Waals surface area (Å²) in [6, 6.07) is 13.2. The van der Waals surface area contributed by atoms with E-state index in [-0.39, 0.29) is 34.8 Å². The Kier molecular flexibility index (Phi) is 9.54. The van der Waals surface area contributed by atoms with E-state index in [0.717, 1.165) is 64.4 Å². The van der Waals surface area contributed by atoms with Crippen LogP contribution in [0.4, 0.5) is 0 Å². The van der Waals surface area contributed by atoms with E-state index in [2.05, 4.69) is 20.9 Å². The summed E-state index contributed by atoms with van der Waals surface area (Å²) in [7, 11) is -7.78. The van der Waals surface area contributed by atoms with E-state index in [1.807, 2.05) is 31.3 Å². The number of benzene rings is 2. The number of rotatable bonds is 10. The number of hydrogen-bond acceptors (Lipinski definition) is 7. The third kappa shape index (κ3) is 6.96. The summed E-state index contributed by atoms with van der Waals surface area (Å²) in [5.41, 5.74) is 4.33. The zero-order valence-corrected chi connectivity index (χ0v) is 24.5. The SMILES string of the molecule is Cc1cnc2[nH]c3c(OCCCN4CCC(OP(=O)(O)O)CC4)ccc(-c4cccc(S(=O)(=O)C5CC5)c4)c3c2c1.[NaH]. The third-order valence-electron chi connectivity index (χ3n) is 7.84. The van der Waals surface area contributed by atoms with Gasteiger partial charge in [-0.25, -0.2) is 18.0 Å². The van der Waals surface area contributed by atoms with E-state index in [9.17, 15) is 13.0 Å². The molecule has 3 heterocycles. The third-order valence-corrected chi connectivity index (χ3v) is 10.7. The van der Waals surface area contributed by atoms with Gasteiger partial charge in [0.2, 0.25) is 0 Å². The fourth-order valence-corrected chi connectivity index (χ4v) is 7.94. The molecule has 3 N–H and O–H groups in total. The van der Waals surface area contributed by atoms with Crippen molar-refractivity contribution in [3.63, 3.8) is 0 Å². The van der Waals surface area contributed by atoms with E-state index >= 15 is 0 Å². The average molecular weight is 624 g/mol. The number of ether oxygens (including phenoxy) is 1. The maximum absolute atomic E-state index is 13.0. The number of piperidine rings is 1. The van der Waals surface area contributed by atoms with E-state index in [0.29, 0.717) is 43.2 Å². The fraction of sp³-hybridized carbons (Fsp3) is 0.414. The molecule has 0 amide bonds. The number of fused-ring (bicyclic) bond motifs is 3. The molecule has 0 spiro atoms. The van der Waals surface area contributed by atoms with Gasteiger partial charge in [-0.3, -0.25) is 4.52 Å². The monoisotopic (exact) mass is 623 g/mol. The minimum absolute atomic E-state index is 0. The number of likely N-dealkylation sites (tertiary alicyclic amines) is 1. The van der Waals surface area contributed by atoms with Gasteiger partial charge >= 0.3 is 37.4 Å². The molecule has 2 aromatic carbocycles. The van der Waals surface area contributed by atoms with Gasteiger partial charge in [0.1, 0.15) is 11.4 Å². The Morgan fingerprint density at radius 1 is 1.10 bits per heavy atom. The number of aryl methyl sites for hydroxylation is 1. The fourth-order valence-electron chi connectivity index (χ4n) is 5.64. The average Bonchev–Trinajstić information content (AvgIpc) is 3.73. The van der Waals surface area contributed by atoms with Crippen LogP contribution in [0.25, 0.3) is 33.1 Å². The van der Waals surface area contributed by atoms with Crippen molar-refractivity contribution in [3.05, 3.63) is 54.2 Å². The van der Waals surface area contributed by atoms with Crippen LogP contribution in [0.2, 0.25) is 0 Å². The number of phosphoric ester groups is 1. The molecule has 2 aromatic heterocycles. The second kappa shape index (κ2) is 12.7. The van der Waals surface area contributed by atoms with Gasteiger partial charge in [0, 0.05) is 36.6 Å². The van der Waals surface area contributed by atoms with E-state index < -0.39 is 23.8 Å². The first-order chi connectivity index (χ1) is 19.6. The normalized spacial score (nSPS) is 17.0. The molecule has 0 bridgehead atoms. The van der Waals surface area contributed by atoms with Crippen LogP contribution in [0.3, 0.4) is 0 Å². The summed E-state index contributed by atoms with van der Waals surface area (Å²) in [5, 5.41) is 1.63. The number of nitrogens with one attached hydrogen (secondary N) is 1. The first kappa shape index (κ1) is 31.6. The van der Waals surface area contributed by atoms with Gasteiger partial charge < -0.3 is 24.4 Å². The molecular formula is C29H35N3NaO7PS. The van der Waals surface area contributed by atoms with Gasteiger partial charge in [0.15, 0.2) is 9.84 Å². The van der Waals surface area contributed by atoms with Crippen molar-refractivity contribution in [2.24, 2.45) is 0 Å². The zero-order chi connectivity index (χ0) is 28.8. The topological polar surface area (TPSA) is 142 Å². The summed E-state index contributed by atoms with van der Waals surface area (Å²) in [6.07, 6.45) is 4.79. The molecule has 1 aliphatic carbocycles. The predicted octanol–water partition coefficient (Wildman–Crippen LogP) is 4.32. The quantitative estimate of drug-likeness (QED) is 0.134. The van der Waals surface area contributed by atoms with Gasteiger partial charge in [0.25, 0.3) is 0 Å². The van der Waals surface area contributed by atoms with Crippen LogP contribution in [0, 0.1) is 6.92 Å². The first-order valence-electron chi connectivity index (χ1n) is 13.9. The standard InChI is InChI=1S/C29H34N3O7PS.Na.H/c1-19-16-25-27-24(20-4-2-5-23(17-20)41(36,37)22-6-7-22)8-9-26(28(27)31-29(25)30-18-19)38-15-3-12-32-13-10-21(11-14-32)39-40(33,34)35;;/h2,4-5,8-9,16-18,21-22H,3,6-7,10-15H2,1H3,(H,30,31)(H2,33,34,35);;. The molecule has 2 aliphatic rings. The number of pyridine rings is 1. The summed E-state index contributed by atoms with van der Waals surface area (Å²) < 4.78 is 48.1. The van der Waals surface area contributed by atoms with E-state index in [1.54, 1.807) is 18.2 Å². The summed E-state index contributed by atoms with van der Waals surface area (Å²) >= 11 is 0. The number of hydrogen-bond donors (Lipinski definition) is 3. The van der Waals surface area contributed by atoms with Gasteiger partial charge in [-0.1, -0.05) is 12.1 Å². The molecule has 1 saturated carbocycles. The van der Waals surface area contributed by atoms with Crippen molar-refractivity contribution in [2.75, 3.05) is 26.2 Å². The minimum atomic E-state index is -4.46. The number of nitrogens with zero attached hydrogens (tertiary/aromatic N) is 2. The second-order valence-corrected chi connectivity index (χ2v) is 14.4. The molecule has 1 saturated heterocycles. The van der Waals surface area contributed by atoms with Crippen molar-refractivity contribution >= 4 is 69.2 Å². The van der Waals surface area contributed by atoms with Gasteiger partial charge in [-0.2, -0.15) is 0 Å². The van der Waals surface area contributed by atoms with Crippen LogP contribution >= 0.6 is 7.82 Å². The number of phosphoric acid groups is 1. The molecular weight excluding hydrogens is 588 g/mol. The number of sulfone groups is 1. The summed E-state index contributed by atoms with van der Waals surface area (Å²) in [4.78, 5) is 28.7. The molecule has 0 unspecified atom stereocenters. The molecule has 42 heavy (non-hydrogen) atoms. The van der Waals surface area contributed by atoms with Crippen LogP contribution in [-0.2, 0) is 18.9 Å². The Labute approximate surface area is 267 Å². The van der Waals surface area contributed by atoms with Crippen molar-refractivity contribution in [2.45, 2.75) is 55.3 Å². The van der Waals surface area contributed by atoms with Crippen LogP contribution in [0.5, 0.6) is 5.75 Å². The van der Waals surface area contributed by atoms with Crippen LogP contribution in [0.1, 0.15) is 37.7 Å². The van der Waals surface area contributed by atoms with Crippen LogP contribution < -0.4 is 4.74 Å². The molecule has 13 heteroatoms. The Hall–Kier alpha value is -1.79. The number of H-pyrrole nitrogens is 1. The molecule has 220 valence electrons. The van der Waals surface area contributed by atoms with E-state index in [1.165, 1.54) is 0 Å². The Bertz CT molecular complexity index is 1750. The van der Waals surface area contributed by atoms with Crippen molar-refractivity contribution in [1.29, 1.82) is 0 Å². The number of aromatic amines is 1. The van der Waals surface area contributed by atoms with Gasteiger partial charge in [-0.15, -0.1) is 0 Å². The molecule has 6 rings (SSSR count). The molecule has 0 radical (unpaired) electrons. The van der Waals surface area contributed by atoms with Crippen LogP contribution in [0.15, 0.2) is 53.6 Å². The second-order valence-electron chi connectivity index (χ2n) is 11.0. The molecule has 4 aromatic rings. The number of aromatic nitrogens is 2.